The minimum absolute atomic E-state index is 0.0787. The van der Waals surface area contributed by atoms with Crippen LogP contribution in [0.25, 0.3) is 0 Å². The Hall–Kier alpha value is -1.83. The third kappa shape index (κ3) is 6.00. The van der Waals surface area contributed by atoms with Crippen molar-refractivity contribution in [3.05, 3.63) is 0 Å². The van der Waals surface area contributed by atoms with Gasteiger partial charge in [-0.25, -0.2) is 4.79 Å². The van der Waals surface area contributed by atoms with Crippen LogP contribution in [0, 0.1) is 35.0 Å². The van der Waals surface area contributed by atoms with Crippen molar-refractivity contribution < 1.29 is 27.0 Å². The predicted molar refractivity (Wildman–Crippen MR) is 123 cm³/mol. The van der Waals surface area contributed by atoms with Crippen LogP contribution in [0.1, 0.15) is 74.4 Å². The molecule has 5 rings (SSSR count). The van der Waals surface area contributed by atoms with E-state index in [0.717, 1.165) is 38.5 Å². The topological polar surface area (TPSA) is 117 Å². The van der Waals surface area contributed by atoms with Gasteiger partial charge in [-0.3, -0.25) is 9.59 Å². The number of carbonyl (C=O) groups is 3. The van der Waals surface area contributed by atoms with Gasteiger partial charge in [-0.15, -0.1) is 0 Å². The fraction of sp³-hybridized carbons (Fsp3) is 0.880. The Bertz CT molecular complexity index is 786. The van der Waals surface area contributed by atoms with Crippen molar-refractivity contribution in [2.45, 2.75) is 83.7 Å². The Morgan fingerprint density at radius 3 is 2.33 bits per heavy atom. The highest BCUT2D eigenvalue weighted by atomic mass is 16.5. The van der Waals surface area contributed by atoms with Gasteiger partial charge >= 0.3 is 6.09 Å². The number of aliphatic hydroxyl groups is 1. The van der Waals surface area contributed by atoms with Gasteiger partial charge in [0.15, 0.2) is 0 Å². The first-order chi connectivity index (χ1) is 16.5. The van der Waals surface area contributed by atoms with Gasteiger partial charge in [-0.2, -0.15) is 0 Å². The van der Waals surface area contributed by atoms with E-state index in [9.17, 15) is 19.5 Å². The van der Waals surface area contributed by atoms with Gasteiger partial charge in [0.25, 0.3) is 0 Å². The third-order valence-electron chi connectivity index (χ3n) is 8.01. The van der Waals surface area contributed by atoms with Gasteiger partial charge in [-0.05, 0) is 81.5 Å². The Morgan fingerprint density at radius 1 is 1.18 bits per heavy atom. The summed E-state index contributed by atoms with van der Waals surface area (Å²) in [6.45, 7) is 2.02. The average molecular weight is 466 g/mol. The van der Waals surface area contributed by atoms with E-state index in [2.05, 4.69) is 16.0 Å². The van der Waals surface area contributed by atoms with E-state index in [4.69, 9.17) is 7.48 Å². The summed E-state index contributed by atoms with van der Waals surface area (Å²) in [6, 6.07) is -1.54. The Kier molecular flexibility index (Phi) is 6.70. The molecule has 3 amide bonds. The minimum atomic E-state index is -2.10. The number of amides is 3. The number of carbonyl (C=O) groups excluding carboxylic acids is 3. The zero-order chi connectivity index (χ0) is 25.4. The quantitative estimate of drug-likeness (QED) is 0.395. The maximum absolute atomic E-state index is 13.0. The van der Waals surface area contributed by atoms with Gasteiger partial charge < -0.3 is 25.8 Å². The van der Waals surface area contributed by atoms with Crippen molar-refractivity contribution >= 4 is 17.9 Å². The summed E-state index contributed by atoms with van der Waals surface area (Å²) < 4.78 is 22.9. The zero-order valence-electron chi connectivity index (χ0n) is 21.9. The highest BCUT2D eigenvalue weighted by Gasteiger charge is 2.51. The molecule has 8 nitrogen and oxygen atoms in total. The molecule has 4 aliphatic carbocycles. The first kappa shape index (κ1) is 21.7. The van der Waals surface area contributed by atoms with E-state index in [0.29, 0.717) is 43.6 Å². The lowest BCUT2D eigenvalue weighted by molar-refractivity contribution is -0.126. The van der Waals surface area contributed by atoms with Crippen molar-refractivity contribution in [3.63, 3.8) is 0 Å². The minimum Gasteiger partial charge on any atom is -0.449 e. The number of nitrogens with one attached hydrogen (secondary N) is 3. The molecule has 5 fully saturated rings. The Morgan fingerprint density at radius 2 is 1.82 bits per heavy atom. The number of hydrogen-bond donors (Lipinski definition) is 4. The Labute approximate surface area is 199 Å². The second-order valence-corrected chi connectivity index (χ2v) is 11.4. The first-order valence-electron chi connectivity index (χ1n) is 13.7. The monoisotopic (exact) mass is 465 g/mol. The van der Waals surface area contributed by atoms with Crippen molar-refractivity contribution in [2.24, 2.45) is 35.0 Å². The molecule has 4 saturated carbocycles. The molecular formula is C25H41N3O5. The second-order valence-electron chi connectivity index (χ2n) is 11.4. The van der Waals surface area contributed by atoms with Crippen LogP contribution in [-0.2, 0) is 14.3 Å². The van der Waals surface area contributed by atoms with Crippen LogP contribution in [0.3, 0.4) is 0 Å². The maximum Gasteiger partial charge on any atom is 0.407 e. The summed E-state index contributed by atoms with van der Waals surface area (Å²) in [5.41, 5.74) is -0.640. The fourth-order valence-electron chi connectivity index (χ4n) is 6.96. The van der Waals surface area contributed by atoms with Gasteiger partial charge in [0.05, 0.1) is 21.9 Å². The van der Waals surface area contributed by atoms with Crippen molar-refractivity contribution in [1.82, 2.24) is 16.0 Å². The SMILES string of the molecule is [2H]C([2H])(OC(=O)N[C@@H](CC(C)C)C(=O)N[C@H](CO)C[C@@H]1CCNC1=O)C12CC3CC(CC(C3)C1)C2. The molecule has 1 heterocycles. The standard InChI is InChI=1S/C25H41N3O5/c1-15(2)5-21(23(31)27-20(13-29)9-19-3-4-26-22(19)30)28-24(32)33-14-25-10-16-6-17(11-25)8-18(7-16)12-25/h15-21,29H,3-14H2,1-2H3,(H,26,30)(H,27,31)(H,28,32)/t16?,17?,18?,19-,20-,21-,25?/m0/s1/i14D2. The highest BCUT2D eigenvalue weighted by molar-refractivity contribution is 5.86. The van der Waals surface area contributed by atoms with Crippen LogP contribution in [0.2, 0.25) is 0 Å². The highest BCUT2D eigenvalue weighted by Crippen LogP contribution is 2.60. The van der Waals surface area contributed by atoms with Crippen molar-refractivity contribution in [1.29, 1.82) is 0 Å². The second kappa shape index (κ2) is 10.2. The van der Waals surface area contributed by atoms with Crippen molar-refractivity contribution in [2.75, 3.05) is 19.7 Å². The average Bonchev–Trinajstić information content (AvgIpc) is 3.15. The number of ether oxygens (including phenoxy) is 1. The van der Waals surface area contributed by atoms with Crippen LogP contribution in [0.15, 0.2) is 0 Å². The first-order valence-corrected chi connectivity index (χ1v) is 12.7. The molecule has 1 saturated heterocycles. The van der Waals surface area contributed by atoms with E-state index in [1.807, 2.05) is 13.8 Å². The summed E-state index contributed by atoms with van der Waals surface area (Å²) in [7, 11) is 0. The Balaban J connectivity index is 1.37. The summed E-state index contributed by atoms with van der Waals surface area (Å²) in [6.07, 6.45) is 6.12. The molecule has 0 aromatic heterocycles. The summed E-state index contributed by atoms with van der Waals surface area (Å²) >= 11 is 0. The van der Waals surface area contributed by atoms with Gasteiger partial charge in [0, 0.05) is 17.9 Å². The molecule has 0 aromatic rings. The van der Waals surface area contributed by atoms with Gasteiger partial charge in [0.1, 0.15) is 6.04 Å². The number of rotatable bonds is 10. The van der Waals surface area contributed by atoms with Crippen LogP contribution in [0.5, 0.6) is 0 Å². The molecule has 4 N–H and O–H groups in total. The fourth-order valence-corrected chi connectivity index (χ4v) is 6.96. The van der Waals surface area contributed by atoms with E-state index in [-0.39, 0.29) is 24.3 Å². The molecule has 33 heavy (non-hydrogen) atoms. The molecule has 4 bridgehead atoms. The zero-order valence-corrected chi connectivity index (χ0v) is 19.9. The smallest absolute Gasteiger partial charge is 0.407 e. The lowest BCUT2D eigenvalue weighted by Gasteiger charge is -2.56. The molecule has 0 spiro atoms. The molecule has 1 aliphatic heterocycles. The van der Waals surface area contributed by atoms with Crippen LogP contribution >= 0.6 is 0 Å². The van der Waals surface area contributed by atoms with E-state index in [1.54, 1.807) is 0 Å². The normalized spacial score (nSPS) is 35.5. The van der Waals surface area contributed by atoms with Gasteiger partial charge in [-0.1, -0.05) is 13.8 Å². The van der Waals surface area contributed by atoms with E-state index < -0.39 is 36.1 Å². The van der Waals surface area contributed by atoms with E-state index >= 15 is 0 Å². The molecule has 0 aromatic carbocycles. The number of aliphatic hydroxyl groups excluding tert-OH is 1. The maximum atomic E-state index is 13.0. The lowest BCUT2D eigenvalue weighted by atomic mass is 9.50. The van der Waals surface area contributed by atoms with Gasteiger partial charge in [0.2, 0.25) is 11.8 Å². The largest absolute Gasteiger partial charge is 0.449 e. The molecule has 0 unspecified atom stereocenters. The molecule has 8 heteroatoms. The van der Waals surface area contributed by atoms with Crippen LogP contribution < -0.4 is 16.0 Å². The van der Waals surface area contributed by atoms with Crippen molar-refractivity contribution in [3.8, 4) is 0 Å². The number of hydrogen-bond acceptors (Lipinski definition) is 5. The number of alkyl carbamates (subject to hydrolysis) is 1. The van der Waals surface area contributed by atoms with Crippen LogP contribution in [0.4, 0.5) is 4.79 Å². The van der Waals surface area contributed by atoms with E-state index in [1.165, 1.54) is 0 Å². The summed E-state index contributed by atoms with van der Waals surface area (Å²) in [5, 5.41) is 17.9. The molecule has 5 aliphatic rings. The third-order valence-corrected chi connectivity index (χ3v) is 8.01. The van der Waals surface area contributed by atoms with Crippen LogP contribution in [-0.4, -0.2) is 54.8 Å². The summed E-state index contributed by atoms with van der Waals surface area (Å²) in [4.78, 5) is 37.8. The molecule has 186 valence electrons. The predicted octanol–water partition coefficient (Wildman–Crippen LogP) is 2.35. The molecular weight excluding hydrogens is 422 g/mol. The molecule has 3 atom stereocenters. The summed E-state index contributed by atoms with van der Waals surface area (Å²) in [5.74, 6) is 0.813. The molecule has 0 radical (unpaired) electrons. The lowest BCUT2D eigenvalue weighted by Crippen LogP contribution is -2.52.